The second-order valence-electron chi connectivity index (χ2n) is 14.1. The van der Waals surface area contributed by atoms with Gasteiger partial charge < -0.3 is 19.5 Å². The molecule has 6 rings (SSSR count). The third kappa shape index (κ3) is 6.08. The molecule has 2 saturated heterocycles. The molecule has 2 atom stereocenters. The predicted octanol–water partition coefficient (Wildman–Crippen LogP) is 8.01. The number of fused-ring (bicyclic) bond motifs is 4. The molecule has 2 aliphatic rings. The summed E-state index contributed by atoms with van der Waals surface area (Å²) < 4.78 is 42.9. The van der Waals surface area contributed by atoms with Gasteiger partial charge in [-0.05, 0) is 53.1 Å². The molecule has 2 aromatic heterocycles. The molecule has 0 spiro atoms. The lowest BCUT2D eigenvalue weighted by molar-refractivity contribution is 0.0512. The van der Waals surface area contributed by atoms with E-state index >= 15 is 8.78 Å². The van der Waals surface area contributed by atoms with Gasteiger partial charge in [0.05, 0.1) is 17.5 Å². The van der Waals surface area contributed by atoms with Gasteiger partial charge in [-0.1, -0.05) is 59.6 Å². The summed E-state index contributed by atoms with van der Waals surface area (Å²) in [5.41, 5.74) is 6.03. The number of amides is 1. The highest BCUT2D eigenvalue weighted by atomic mass is 28.3. The lowest BCUT2D eigenvalue weighted by atomic mass is 9.96. The van der Waals surface area contributed by atoms with Crippen molar-refractivity contribution in [1.29, 1.82) is 0 Å². The van der Waals surface area contributed by atoms with Crippen molar-refractivity contribution in [3.8, 4) is 28.5 Å². The Morgan fingerprint density at radius 3 is 2.33 bits per heavy atom. The molecule has 2 bridgehead atoms. The Bertz CT molecular complexity index is 1940. The van der Waals surface area contributed by atoms with Gasteiger partial charge in [0.2, 0.25) is 0 Å². The molecule has 2 fully saturated rings. The first kappa shape index (κ1) is 34.5. The zero-order chi connectivity index (χ0) is 35.2. The second-order valence-corrected chi connectivity index (χ2v) is 19.6. The van der Waals surface area contributed by atoms with Gasteiger partial charge in [-0.25, -0.2) is 9.18 Å². The number of carbonyl (C=O) groups is 1. The minimum Gasteiger partial charge on any atom is -0.468 e. The zero-order valence-corrected chi connectivity index (χ0v) is 30.1. The quantitative estimate of drug-likeness (QED) is 0.0861. The van der Waals surface area contributed by atoms with Crippen molar-refractivity contribution in [1.82, 2.24) is 19.9 Å². The summed E-state index contributed by atoms with van der Waals surface area (Å²) in [5, 5.41) is 11.5. The molecular weight excluding hydrogens is 645 g/mol. The first-order valence-electron chi connectivity index (χ1n) is 16.9. The van der Waals surface area contributed by atoms with Crippen LogP contribution in [0.1, 0.15) is 59.9 Å². The van der Waals surface area contributed by atoms with Crippen molar-refractivity contribution in [2.45, 2.75) is 83.1 Å². The average Bonchev–Trinajstić information content (AvgIpc) is 3.33. The fourth-order valence-electron chi connectivity index (χ4n) is 8.34. The maximum Gasteiger partial charge on any atom is 0.407 e. The second kappa shape index (κ2) is 13.5. The Labute approximate surface area is 286 Å². The van der Waals surface area contributed by atoms with Gasteiger partial charge in [-0.2, -0.15) is 14.4 Å². The molecule has 4 heterocycles. The molecule has 0 saturated carbocycles. The SMILES string of the molecule is COCOc1cc(-c2ncc3c(N4C[C@H]5CC[C@@H](C4)N5C(=O)O)nc(F)nc3c2F)c2c(C#C[Si](C(C)C)(C(C)C)C(C)C)cccc2c1. The van der Waals surface area contributed by atoms with Gasteiger partial charge in [-0.3, -0.25) is 9.88 Å². The number of pyridine rings is 1. The largest absolute Gasteiger partial charge is 0.468 e. The van der Waals surface area contributed by atoms with Crippen LogP contribution in [0.15, 0.2) is 36.5 Å². The Morgan fingerprint density at radius 2 is 1.71 bits per heavy atom. The zero-order valence-electron chi connectivity index (χ0n) is 29.1. The number of piperazine rings is 1. The molecule has 1 amide bonds. The number of benzene rings is 2. The molecule has 4 aromatic rings. The number of rotatable bonds is 8. The molecule has 258 valence electrons. The van der Waals surface area contributed by atoms with Crippen LogP contribution in [0.3, 0.4) is 0 Å². The number of anilines is 1. The number of hydrogen-bond acceptors (Lipinski definition) is 7. The highest BCUT2D eigenvalue weighted by molar-refractivity contribution is 6.90. The van der Waals surface area contributed by atoms with Crippen molar-refractivity contribution >= 4 is 41.7 Å². The van der Waals surface area contributed by atoms with E-state index in [1.54, 1.807) is 6.07 Å². The van der Waals surface area contributed by atoms with Crippen LogP contribution in [-0.2, 0) is 4.74 Å². The summed E-state index contributed by atoms with van der Waals surface area (Å²) in [6.07, 6.45) is 0.833. The van der Waals surface area contributed by atoms with Gasteiger partial charge in [-0.15, -0.1) is 5.54 Å². The molecule has 12 heteroatoms. The molecule has 49 heavy (non-hydrogen) atoms. The third-order valence-corrected chi connectivity index (χ3v) is 16.8. The van der Waals surface area contributed by atoms with Crippen molar-refractivity contribution < 1.29 is 28.2 Å². The minimum atomic E-state index is -2.11. The number of aromatic nitrogens is 3. The molecule has 0 radical (unpaired) electrons. The van der Waals surface area contributed by atoms with Crippen LogP contribution < -0.4 is 9.64 Å². The Hall–Kier alpha value is -4.34. The van der Waals surface area contributed by atoms with E-state index in [2.05, 4.69) is 68.0 Å². The van der Waals surface area contributed by atoms with Gasteiger partial charge in [0.15, 0.2) is 12.6 Å². The van der Waals surface area contributed by atoms with Crippen LogP contribution in [-0.4, -0.2) is 78.2 Å². The summed E-state index contributed by atoms with van der Waals surface area (Å²) in [5.74, 6) is 3.40. The normalized spacial score (nSPS) is 17.8. The van der Waals surface area contributed by atoms with Crippen LogP contribution in [0.2, 0.25) is 16.6 Å². The van der Waals surface area contributed by atoms with Crippen LogP contribution in [0, 0.1) is 23.4 Å². The van der Waals surface area contributed by atoms with E-state index in [1.165, 1.54) is 18.2 Å². The molecule has 2 aromatic carbocycles. The van der Waals surface area contributed by atoms with E-state index in [0.717, 1.165) is 10.9 Å². The van der Waals surface area contributed by atoms with Gasteiger partial charge in [0.1, 0.15) is 30.9 Å². The lowest BCUT2D eigenvalue weighted by Crippen LogP contribution is -2.55. The third-order valence-electron chi connectivity index (χ3n) is 10.5. The van der Waals surface area contributed by atoms with Gasteiger partial charge in [0, 0.05) is 42.9 Å². The summed E-state index contributed by atoms with van der Waals surface area (Å²) in [6, 6.07) is 8.85. The fourth-order valence-corrected chi connectivity index (χ4v) is 13.6. The van der Waals surface area contributed by atoms with E-state index < -0.39 is 26.1 Å². The number of hydrogen-bond donors (Lipinski definition) is 1. The van der Waals surface area contributed by atoms with E-state index in [4.69, 9.17) is 9.47 Å². The van der Waals surface area contributed by atoms with Crippen molar-refractivity contribution in [3.05, 3.63) is 54.0 Å². The Balaban J connectivity index is 1.53. The standard InChI is InChI=1S/C37H43F2N5O4Si/c1-21(2)49(22(3)4,23(5)6)14-13-24-9-8-10-25-15-28(48-20-47-7)16-29(31(24)25)33-32(38)34-30(17-40-33)35(42-36(39)41-34)43-18-26-11-12-27(19-43)44(26)37(45)46/h8-10,15-17,21-23,26-27H,11-12,18-20H2,1-7H3,(H,45,46)/t26-,27+. The number of methoxy groups -OCH3 is 1. The van der Waals surface area contributed by atoms with E-state index in [0.29, 0.717) is 59.3 Å². The van der Waals surface area contributed by atoms with Crippen molar-refractivity contribution in [2.24, 2.45) is 0 Å². The van der Waals surface area contributed by atoms with E-state index in [1.807, 2.05) is 29.2 Å². The molecule has 0 aliphatic carbocycles. The van der Waals surface area contributed by atoms with E-state index in [9.17, 15) is 9.90 Å². The molecule has 1 N–H and O–H groups in total. The molecular formula is C37H43F2N5O4Si. The highest BCUT2D eigenvalue weighted by Gasteiger charge is 2.44. The Kier molecular flexibility index (Phi) is 9.52. The number of halogens is 2. The summed E-state index contributed by atoms with van der Waals surface area (Å²) in [6.45, 7) is 14.2. The van der Waals surface area contributed by atoms with Crippen LogP contribution in [0.5, 0.6) is 5.75 Å². The predicted molar refractivity (Wildman–Crippen MR) is 190 cm³/mol. The number of ether oxygens (including phenoxy) is 2. The number of carboxylic acid groups (broad SMARTS) is 1. The van der Waals surface area contributed by atoms with Crippen LogP contribution in [0.25, 0.3) is 32.9 Å². The fraction of sp³-hybridized carbons (Fsp3) is 0.459. The molecule has 0 unspecified atom stereocenters. The molecule has 9 nitrogen and oxygen atoms in total. The van der Waals surface area contributed by atoms with Crippen molar-refractivity contribution in [3.63, 3.8) is 0 Å². The Morgan fingerprint density at radius 1 is 1.04 bits per heavy atom. The maximum absolute atomic E-state index is 16.8. The van der Waals surface area contributed by atoms with Gasteiger partial charge in [0.25, 0.3) is 0 Å². The molecule has 2 aliphatic heterocycles. The maximum atomic E-state index is 16.8. The first-order chi connectivity index (χ1) is 23.4. The summed E-state index contributed by atoms with van der Waals surface area (Å²) >= 11 is 0. The minimum absolute atomic E-state index is 0.0116. The average molecular weight is 688 g/mol. The van der Waals surface area contributed by atoms with Crippen LogP contribution >= 0.6 is 0 Å². The monoisotopic (exact) mass is 687 g/mol. The van der Waals surface area contributed by atoms with Crippen LogP contribution in [0.4, 0.5) is 19.4 Å². The van der Waals surface area contributed by atoms with Crippen molar-refractivity contribution in [2.75, 3.05) is 31.9 Å². The first-order valence-corrected chi connectivity index (χ1v) is 19.1. The number of nitrogens with zero attached hydrogens (tertiary/aromatic N) is 5. The topological polar surface area (TPSA) is 101 Å². The van der Waals surface area contributed by atoms with E-state index in [-0.39, 0.29) is 41.3 Å². The highest BCUT2D eigenvalue weighted by Crippen LogP contribution is 2.42. The summed E-state index contributed by atoms with van der Waals surface area (Å²) in [7, 11) is -0.585. The summed E-state index contributed by atoms with van der Waals surface area (Å²) in [4.78, 5) is 27.8. The van der Waals surface area contributed by atoms with Gasteiger partial charge >= 0.3 is 12.2 Å². The smallest absolute Gasteiger partial charge is 0.407 e. The lowest BCUT2D eigenvalue weighted by Gasteiger charge is -2.40.